The molecule has 0 fully saturated rings. The number of ether oxygens (including phenoxy) is 1. The van der Waals surface area contributed by atoms with E-state index in [0.717, 1.165) is 57.8 Å². The number of allylic oxidation sites excluding steroid dienone is 6. The van der Waals surface area contributed by atoms with E-state index in [1.807, 2.05) is 0 Å². The van der Waals surface area contributed by atoms with E-state index in [0.29, 0.717) is 12.8 Å². The fraction of sp³-hybridized carbons (Fsp3) is 0.805. The van der Waals surface area contributed by atoms with E-state index in [9.17, 15) is 24.2 Å². The largest absolute Gasteiger partial charge is 0.472 e. The second-order valence-electron chi connectivity index (χ2n) is 13.6. The summed E-state index contributed by atoms with van der Waals surface area (Å²) in [6, 6.07) is 0. The van der Waals surface area contributed by atoms with E-state index < -0.39 is 26.5 Å². The highest BCUT2D eigenvalue weighted by atomic mass is 31.2. The van der Waals surface area contributed by atoms with Crippen LogP contribution in [0, 0.1) is 0 Å². The minimum Gasteiger partial charge on any atom is -0.463 e. The van der Waals surface area contributed by atoms with Gasteiger partial charge < -0.3 is 20.1 Å². The quantitative estimate of drug-likeness (QED) is 0.0247. The maximum Gasteiger partial charge on any atom is 0.472 e. The lowest BCUT2D eigenvalue weighted by Gasteiger charge is -2.15. The Bertz CT molecular complexity index is 939. The lowest BCUT2D eigenvalue weighted by atomic mass is 10.0. The molecule has 0 aromatic heterocycles. The van der Waals surface area contributed by atoms with Gasteiger partial charge in [-0.05, 0) is 44.9 Å². The third-order valence-electron chi connectivity index (χ3n) is 8.58. The van der Waals surface area contributed by atoms with Crippen LogP contribution < -0.4 is 5.32 Å². The molecular weight excluding hydrogens is 665 g/mol. The van der Waals surface area contributed by atoms with Crippen molar-refractivity contribution < 1.29 is 37.9 Å². The summed E-state index contributed by atoms with van der Waals surface area (Å²) in [5, 5.41) is 12.7. The van der Waals surface area contributed by atoms with E-state index in [1.54, 1.807) is 0 Å². The van der Waals surface area contributed by atoms with Crippen LogP contribution in [0.15, 0.2) is 36.5 Å². The van der Waals surface area contributed by atoms with E-state index in [4.69, 9.17) is 13.8 Å². The van der Waals surface area contributed by atoms with Gasteiger partial charge in [0.25, 0.3) is 0 Å². The number of carbonyl (C=O) groups excluding carboxylic acids is 2. The highest BCUT2D eigenvalue weighted by Crippen LogP contribution is 2.42. The van der Waals surface area contributed by atoms with Gasteiger partial charge in [-0.3, -0.25) is 18.6 Å². The lowest BCUT2D eigenvalue weighted by Crippen LogP contribution is -2.27. The van der Waals surface area contributed by atoms with Crippen molar-refractivity contribution >= 4 is 19.7 Å². The summed E-state index contributed by atoms with van der Waals surface area (Å²) in [6.07, 6.45) is 40.8. The van der Waals surface area contributed by atoms with Crippen LogP contribution >= 0.6 is 7.82 Å². The zero-order chi connectivity index (χ0) is 37.5. The van der Waals surface area contributed by atoms with Crippen LogP contribution in [0.3, 0.4) is 0 Å². The van der Waals surface area contributed by atoms with Gasteiger partial charge in [-0.15, -0.1) is 0 Å². The molecule has 0 bridgehead atoms. The lowest BCUT2D eigenvalue weighted by molar-refractivity contribution is -0.147. The molecule has 0 rings (SSSR count). The maximum atomic E-state index is 12.1. The fourth-order valence-corrected chi connectivity index (χ4v) is 6.27. The molecule has 10 heteroatoms. The summed E-state index contributed by atoms with van der Waals surface area (Å²) in [6.45, 7) is 3.41. The molecule has 0 aliphatic carbocycles. The van der Waals surface area contributed by atoms with Gasteiger partial charge in [-0.1, -0.05) is 159 Å². The zero-order valence-electron chi connectivity index (χ0n) is 32.5. The molecule has 298 valence electrons. The molecule has 0 aromatic rings. The van der Waals surface area contributed by atoms with Crippen molar-refractivity contribution in [2.24, 2.45) is 0 Å². The Kier molecular flexibility index (Phi) is 36.7. The van der Waals surface area contributed by atoms with E-state index in [2.05, 4.69) is 55.6 Å². The molecule has 0 saturated heterocycles. The van der Waals surface area contributed by atoms with Gasteiger partial charge in [0, 0.05) is 19.4 Å². The van der Waals surface area contributed by atoms with Gasteiger partial charge in [0.2, 0.25) is 5.91 Å². The first-order chi connectivity index (χ1) is 24.8. The number of amides is 1. The predicted octanol–water partition coefficient (Wildman–Crippen LogP) is 11.0. The monoisotopic (exact) mass is 742 g/mol. The van der Waals surface area contributed by atoms with Crippen molar-refractivity contribution in [1.29, 1.82) is 0 Å². The van der Waals surface area contributed by atoms with Crippen LogP contribution in [0.25, 0.3) is 0 Å². The number of rotatable bonds is 38. The van der Waals surface area contributed by atoms with Gasteiger partial charge in [-0.25, -0.2) is 4.57 Å². The summed E-state index contributed by atoms with van der Waals surface area (Å²) >= 11 is 0. The van der Waals surface area contributed by atoms with Crippen molar-refractivity contribution in [3.05, 3.63) is 36.5 Å². The summed E-state index contributed by atoms with van der Waals surface area (Å²) in [7, 11) is -4.42. The topological polar surface area (TPSA) is 131 Å². The molecule has 0 saturated carbocycles. The molecule has 0 heterocycles. The molecule has 2 atom stereocenters. The number of carbonyl (C=O) groups is 2. The predicted molar refractivity (Wildman–Crippen MR) is 211 cm³/mol. The molecule has 1 amide bonds. The summed E-state index contributed by atoms with van der Waals surface area (Å²) in [4.78, 5) is 33.8. The third-order valence-corrected chi connectivity index (χ3v) is 9.57. The Balaban J connectivity index is 3.61. The molecule has 0 spiro atoms. The first-order valence-corrected chi connectivity index (χ1v) is 22.0. The molecule has 2 unspecified atom stereocenters. The molecule has 0 aliphatic heterocycles. The molecule has 0 aliphatic rings. The summed E-state index contributed by atoms with van der Waals surface area (Å²) < 4.78 is 26.8. The second-order valence-corrected chi connectivity index (χ2v) is 15.0. The first kappa shape index (κ1) is 49.2. The first-order valence-electron chi connectivity index (χ1n) is 20.5. The SMILES string of the molecule is CC/C=C\C/C=C\C/C=C\CCCCCC(=O)OCC(O)COP(=O)(O)OCCNC(=O)CCCCCCCCCCCCCCCCCCC. The van der Waals surface area contributed by atoms with Crippen molar-refractivity contribution in [2.45, 2.75) is 187 Å². The van der Waals surface area contributed by atoms with Gasteiger partial charge in [-0.2, -0.15) is 0 Å². The van der Waals surface area contributed by atoms with Crippen LogP contribution in [0.2, 0.25) is 0 Å². The number of aliphatic hydroxyl groups is 1. The number of nitrogens with one attached hydrogen (secondary N) is 1. The third kappa shape index (κ3) is 39.3. The summed E-state index contributed by atoms with van der Waals surface area (Å²) in [5.41, 5.74) is 0. The minimum atomic E-state index is -4.42. The van der Waals surface area contributed by atoms with E-state index in [1.165, 1.54) is 89.9 Å². The average molecular weight is 742 g/mol. The van der Waals surface area contributed by atoms with Crippen LogP contribution in [0.5, 0.6) is 0 Å². The number of phosphoric acid groups is 1. The Morgan fingerprint density at radius 3 is 1.69 bits per heavy atom. The summed E-state index contributed by atoms with van der Waals surface area (Å²) in [5.74, 6) is -0.544. The molecular formula is C41H76NO8P. The number of phosphoric ester groups is 1. The van der Waals surface area contributed by atoms with Gasteiger partial charge >= 0.3 is 13.8 Å². The Morgan fingerprint density at radius 2 is 1.12 bits per heavy atom. The van der Waals surface area contributed by atoms with E-state index in [-0.39, 0.29) is 32.1 Å². The molecule has 0 radical (unpaired) electrons. The van der Waals surface area contributed by atoms with Crippen LogP contribution in [-0.4, -0.2) is 54.3 Å². The van der Waals surface area contributed by atoms with Crippen LogP contribution in [0.1, 0.15) is 181 Å². The Labute approximate surface area is 312 Å². The molecule has 3 N–H and O–H groups in total. The van der Waals surface area contributed by atoms with Crippen molar-refractivity contribution in [3.8, 4) is 0 Å². The Hall–Kier alpha value is -1.77. The highest BCUT2D eigenvalue weighted by Gasteiger charge is 2.23. The number of aliphatic hydroxyl groups excluding tert-OH is 1. The van der Waals surface area contributed by atoms with Crippen molar-refractivity contribution in [3.63, 3.8) is 0 Å². The Morgan fingerprint density at radius 1 is 0.627 bits per heavy atom. The van der Waals surface area contributed by atoms with Crippen LogP contribution in [-0.2, 0) is 27.9 Å². The van der Waals surface area contributed by atoms with Gasteiger partial charge in [0.1, 0.15) is 12.7 Å². The molecule has 0 aromatic carbocycles. The number of esters is 1. The average Bonchev–Trinajstić information content (AvgIpc) is 3.11. The zero-order valence-corrected chi connectivity index (χ0v) is 33.4. The minimum absolute atomic E-state index is 0.0801. The standard InChI is InChI=1S/C41H76NO8P/c1-3-5-7-9-11-13-15-17-18-19-20-22-23-25-27-29-31-33-40(44)42-35-36-49-51(46,47)50-38-39(43)37-48-41(45)34-32-30-28-26-24-21-16-14-12-10-8-6-4-2/h6,8,12,14,21,24,39,43H,3-5,7,9-11,13,15-20,22-23,25-38H2,1-2H3,(H,42,44)(H,46,47)/b8-6-,14-12-,24-21-. The highest BCUT2D eigenvalue weighted by molar-refractivity contribution is 7.47. The number of hydrogen-bond acceptors (Lipinski definition) is 7. The van der Waals surface area contributed by atoms with Gasteiger partial charge in [0.15, 0.2) is 0 Å². The van der Waals surface area contributed by atoms with E-state index >= 15 is 0 Å². The van der Waals surface area contributed by atoms with Crippen molar-refractivity contribution in [2.75, 3.05) is 26.4 Å². The second kappa shape index (κ2) is 38.0. The van der Waals surface area contributed by atoms with Gasteiger partial charge in [0.05, 0.1) is 13.2 Å². The maximum absolute atomic E-state index is 12.1. The molecule has 51 heavy (non-hydrogen) atoms. The smallest absolute Gasteiger partial charge is 0.463 e. The normalized spacial score (nSPS) is 13.7. The number of unbranched alkanes of at least 4 members (excludes halogenated alkanes) is 19. The van der Waals surface area contributed by atoms with Crippen LogP contribution in [0.4, 0.5) is 0 Å². The number of hydrogen-bond donors (Lipinski definition) is 3. The fourth-order valence-electron chi connectivity index (χ4n) is 5.51. The van der Waals surface area contributed by atoms with Crippen molar-refractivity contribution in [1.82, 2.24) is 5.32 Å². The molecule has 9 nitrogen and oxygen atoms in total.